The van der Waals surface area contributed by atoms with E-state index in [4.69, 9.17) is 5.11 Å². The second-order valence-corrected chi connectivity index (χ2v) is 4.04. The zero-order chi connectivity index (χ0) is 14.3. The molecule has 0 aliphatic heterocycles. The first-order chi connectivity index (χ1) is 8.97. The zero-order valence-corrected chi connectivity index (χ0v) is 10.5. The third kappa shape index (κ3) is 6.20. The van der Waals surface area contributed by atoms with Crippen molar-refractivity contribution in [1.82, 2.24) is 20.4 Å². The summed E-state index contributed by atoms with van der Waals surface area (Å²) in [7, 11) is 0. The van der Waals surface area contributed by atoms with Crippen LogP contribution in [0, 0.1) is 0 Å². The molecule has 1 unspecified atom stereocenters. The monoisotopic (exact) mass is 268 g/mol. The molecule has 8 heteroatoms. The van der Waals surface area contributed by atoms with E-state index in [9.17, 15) is 14.4 Å². The molecule has 1 rings (SSSR count). The number of urea groups is 1. The Kier molecular flexibility index (Phi) is 5.52. The molecule has 0 fully saturated rings. The number of carbonyl (C=O) groups is 3. The van der Waals surface area contributed by atoms with Gasteiger partial charge in [-0.2, -0.15) is 5.10 Å². The molecule has 3 N–H and O–H groups in total. The highest BCUT2D eigenvalue weighted by Gasteiger charge is 2.12. The highest BCUT2D eigenvalue weighted by Crippen LogP contribution is 1.91. The molecular weight excluding hydrogens is 252 g/mol. The third-order valence-corrected chi connectivity index (χ3v) is 2.22. The summed E-state index contributed by atoms with van der Waals surface area (Å²) >= 11 is 0. The second kappa shape index (κ2) is 7.14. The minimum atomic E-state index is -1.08. The normalized spacial score (nSPS) is 11.6. The van der Waals surface area contributed by atoms with Crippen LogP contribution in [0.5, 0.6) is 0 Å². The van der Waals surface area contributed by atoms with Gasteiger partial charge in [-0.05, 0) is 13.0 Å². The van der Waals surface area contributed by atoms with Gasteiger partial charge in [-0.1, -0.05) is 0 Å². The van der Waals surface area contributed by atoms with Crippen LogP contribution < -0.4 is 10.6 Å². The van der Waals surface area contributed by atoms with Crippen LogP contribution in [-0.4, -0.2) is 38.8 Å². The van der Waals surface area contributed by atoms with Crippen molar-refractivity contribution in [2.24, 2.45) is 0 Å². The molecule has 3 amide bonds. The van der Waals surface area contributed by atoms with Crippen LogP contribution in [0.15, 0.2) is 18.5 Å². The number of amides is 3. The fourth-order valence-corrected chi connectivity index (χ4v) is 1.40. The van der Waals surface area contributed by atoms with Crippen molar-refractivity contribution in [2.75, 3.05) is 0 Å². The summed E-state index contributed by atoms with van der Waals surface area (Å²) in [5.41, 5.74) is 0. The van der Waals surface area contributed by atoms with Crippen molar-refractivity contribution in [1.29, 1.82) is 0 Å². The van der Waals surface area contributed by atoms with E-state index < -0.39 is 17.9 Å². The number of carboxylic acids is 1. The van der Waals surface area contributed by atoms with Crippen LogP contribution >= 0.6 is 0 Å². The summed E-state index contributed by atoms with van der Waals surface area (Å²) in [5.74, 6) is -1.70. The van der Waals surface area contributed by atoms with Gasteiger partial charge in [-0.3, -0.25) is 19.6 Å². The predicted molar refractivity (Wildman–Crippen MR) is 65.2 cm³/mol. The molecule has 104 valence electrons. The Labute approximate surface area is 109 Å². The maximum atomic E-state index is 11.4. The molecule has 0 radical (unpaired) electrons. The minimum Gasteiger partial charge on any atom is -0.481 e. The Morgan fingerprint density at radius 2 is 2.11 bits per heavy atom. The third-order valence-electron chi connectivity index (χ3n) is 2.22. The summed E-state index contributed by atoms with van der Waals surface area (Å²) in [6, 6.07) is 0.907. The predicted octanol–water partition coefficient (Wildman–Crippen LogP) is -0.0378. The molecule has 8 nitrogen and oxygen atoms in total. The second-order valence-electron chi connectivity index (χ2n) is 4.04. The zero-order valence-electron chi connectivity index (χ0n) is 10.5. The highest BCUT2D eigenvalue weighted by atomic mass is 16.4. The number of rotatable bonds is 6. The van der Waals surface area contributed by atoms with E-state index in [0.29, 0.717) is 6.54 Å². The Morgan fingerprint density at radius 3 is 2.68 bits per heavy atom. The maximum Gasteiger partial charge on any atom is 0.321 e. The SMILES string of the molecule is CC(Cn1cccn1)NC(=O)NC(=O)CCC(=O)O. The van der Waals surface area contributed by atoms with E-state index in [0.717, 1.165) is 0 Å². The van der Waals surface area contributed by atoms with Crippen molar-refractivity contribution in [3.63, 3.8) is 0 Å². The van der Waals surface area contributed by atoms with Crippen molar-refractivity contribution in [3.8, 4) is 0 Å². The van der Waals surface area contributed by atoms with E-state index in [1.54, 1.807) is 30.1 Å². The number of carboxylic acid groups (broad SMARTS) is 1. The minimum absolute atomic E-state index is 0.216. The first kappa shape index (κ1) is 14.7. The summed E-state index contributed by atoms with van der Waals surface area (Å²) in [5, 5.41) is 17.0. The number of carbonyl (C=O) groups excluding carboxylic acids is 2. The molecule has 0 spiro atoms. The molecule has 0 bridgehead atoms. The Morgan fingerprint density at radius 1 is 1.37 bits per heavy atom. The van der Waals surface area contributed by atoms with Crippen molar-refractivity contribution >= 4 is 17.9 Å². The van der Waals surface area contributed by atoms with Gasteiger partial charge in [0.2, 0.25) is 5.91 Å². The Hall–Kier alpha value is -2.38. The lowest BCUT2D eigenvalue weighted by Crippen LogP contribution is -2.45. The number of nitrogens with one attached hydrogen (secondary N) is 2. The molecule has 19 heavy (non-hydrogen) atoms. The number of aromatic nitrogens is 2. The fourth-order valence-electron chi connectivity index (χ4n) is 1.40. The number of hydrogen-bond donors (Lipinski definition) is 3. The molecule has 0 aliphatic rings. The van der Waals surface area contributed by atoms with Gasteiger partial charge in [-0.15, -0.1) is 0 Å². The quantitative estimate of drug-likeness (QED) is 0.670. The van der Waals surface area contributed by atoms with Gasteiger partial charge in [0, 0.05) is 24.9 Å². The lowest BCUT2D eigenvalue weighted by Gasteiger charge is -2.14. The molecule has 1 atom stereocenters. The summed E-state index contributed by atoms with van der Waals surface area (Å²) in [6.45, 7) is 2.24. The first-order valence-corrected chi connectivity index (χ1v) is 5.77. The molecular formula is C11H16N4O4. The van der Waals surface area contributed by atoms with Gasteiger partial charge in [0.05, 0.1) is 13.0 Å². The van der Waals surface area contributed by atoms with Crippen LogP contribution in [0.4, 0.5) is 4.79 Å². The Bertz CT molecular complexity index is 444. The van der Waals surface area contributed by atoms with Gasteiger partial charge >= 0.3 is 12.0 Å². The molecule has 0 saturated carbocycles. The lowest BCUT2D eigenvalue weighted by atomic mass is 10.3. The standard InChI is InChI=1S/C11H16N4O4/c1-8(7-15-6-2-5-12-15)13-11(19)14-9(16)3-4-10(17)18/h2,5-6,8H,3-4,7H2,1H3,(H,17,18)(H2,13,14,16,19). The Balaban J connectivity index is 2.26. The first-order valence-electron chi connectivity index (χ1n) is 5.77. The number of hydrogen-bond acceptors (Lipinski definition) is 4. The van der Waals surface area contributed by atoms with Crippen LogP contribution in [0.3, 0.4) is 0 Å². The number of imide groups is 1. The molecule has 0 saturated heterocycles. The molecule has 1 aromatic heterocycles. The summed E-state index contributed by atoms with van der Waals surface area (Å²) in [4.78, 5) is 32.9. The number of nitrogens with zero attached hydrogens (tertiary/aromatic N) is 2. The highest BCUT2D eigenvalue weighted by molar-refractivity contribution is 5.95. The summed E-state index contributed by atoms with van der Waals surface area (Å²) < 4.78 is 1.65. The smallest absolute Gasteiger partial charge is 0.321 e. The molecule has 1 aromatic rings. The lowest BCUT2D eigenvalue weighted by molar-refractivity contribution is -0.138. The fraction of sp³-hybridized carbons (Fsp3) is 0.455. The van der Waals surface area contributed by atoms with Gasteiger partial charge in [-0.25, -0.2) is 4.79 Å². The molecule has 0 aromatic carbocycles. The van der Waals surface area contributed by atoms with Gasteiger partial charge < -0.3 is 10.4 Å². The largest absolute Gasteiger partial charge is 0.481 e. The molecule has 0 aliphatic carbocycles. The van der Waals surface area contributed by atoms with Crippen molar-refractivity contribution in [2.45, 2.75) is 32.4 Å². The van der Waals surface area contributed by atoms with E-state index in [-0.39, 0.29) is 18.9 Å². The van der Waals surface area contributed by atoms with E-state index in [2.05, 4.69) is 15.7 Å². The van der Waals surface area contributed by atoms with E-state index >= 15 is 0 Å². The van der Waals surface area contributed by atoms with Gasteiger partial charge in [0.25, 0.3) is 0 Å². The summed E-state index contributed by atoms with van der Waals surface area (Å²) in [6.07, 6.45) is 2.86. The average molecular weight is 268 g/mol. The van der Waals surface area contributed by atoms with Crippen LogP contribution in [0.2, 0.25) is 0 Å². The van der Waals surface area contributed by atoms with E-state index in [1.807, 2.05) is 0 Å². The van der Waals surface area contributed by atoms with Crippen molar-refractivity contribution in [3.05, 3.63) is 18.5 Å². The number of aliphatic carboxylic acids is 1. The van der Waals surface area contributed by atoms with Crippen LogP contribution in [0.25, 0.3) is 0 Å². The topological polar surface area (TPSA) is 113 Å². The van der Waals surface area contributed by atoms with Crippen molar-refractivity contribution < 1.29 is 19.5 Å². The maximum absolute atomic E-state index is 11.4. The molecule has 1 heterocycles. The van der Waals surface area contributed by atoms with Crippen LogP contribution in [-0.2, 0) is 16.1 Å². The van der Waals surface area contributed by atoms with E-state index in [1.165, 1.54) is 0 Å². The van der Waals surface area contributed by atoms with Crippen LogP contribution in [0.1, 0.15) is 19.8 Å². The van der Waals surface area contributed by atoms with Gasteiger partial charge in [0.15, 0.2) is 0 Å². The average Bonchev–Trinajstić information content (AvgIpc) is 2.78. The van der Waals surface area contributed by atoms with Gasteiger partial charge in [0.1, 0.15) is 0 Å².